The minimum atomic E-state index is 0.177. The van der Waals surface area contributed by atoms with Crippen molar-refractivity contribution in [1.29, 1.82) is 0 Å². The molecule has 1 aliphatic rings. The summed E-state index contributed by atoms with van der Waals surface area (Å²) in [6, 6.07) is 18.9. The average molecular weight is 350 g/mol. The van der Waals surface area contributed by atoms with E-state index < -0.39 is 0 Å². The van der Waals surface area contributed by atoms with Crippen LogP contribution in [0.25, 0.3) is 10.1 Å². The van der Waals surface area contributed by atoms with Crippen LogP contribution in [0.1, 0.15) is 20.8 Å². The first-order valence-electron chi connectivity index (χ1n) is 8.75. The first-order valence-corrected chi connectivity index (χ1v) is 9.56. The number of fused-ring (bicyclic) bond motifs is 1. The van der Waals surface area contributed by atoms with Gasteiger partial charge in [0.2, 0.25) is 0 Å². The van der Waals surface area contributed by atoms with Gasteiger partial charge < -0.3 is 4.90 Å². The molecular weight excluding hydrogens is 328 g/mol. The molecule has 0 unspecified atom stereocenters. The third kappa shape index (κ3) is 3.60. The highest BCUT2D eigenvalue weighted by Gasteiger charge is 2.23. The molecule has 128 valence electrons. The van der Waals surface area contributed by atoms with Crippen LogP contribution in [0.5, 0.6) is 0 Å². The lowest BCUT2D eigenvalue weighted by atomic mass is 10.1. The van der Waals surface area contributed by atoms with Crippen molar-refractivity contribution in [3.63, 3.8) is 0 Å². The summed E-state index contributed by atoms with van der Waals surface area (Å²) in [7, 11) is 0. The Bertz CT molecular complexity index is 843. The predicted octanol–water partition coefficient (Wildman–Crippen LogP) is 4.17. The van der Waals surface area contributed by atoms with Crippen LogP contribution < -0.4 is 0 Å². The Labute approximate surface area is 152 Å². The molecule has 2 aromatic carbocycles. The van der Waals surface area contributed by atoms with Crippen LogP contribution in [0.15, 0.2) is 54.6 Å². The van der Waals surface area contributed by atoms with Crippen molar-refractivity contribution < 1.29 is 4.79 Å². The number of rotatable bonds is 3. The molecule has 1 aliphatic heterocycles. The van der Waals surface area contributed by atoms with Crippen molar-refractivity contribution >= 4 is 27.3 Å². The molecule has 0 bridgehead atoms. The SMILES string of the molecule is Cc1ccc(CN2CCN(C(=O)c3cc4ccccc4s3)CC2)cc1. The maximum Gasteiger partial charge on any atom is 0.264 e. The summed E-state index contributed by atoms with van der Waals surface area (Å²) in [6.45, 7) is 6.56. The van der Waals surface area contributed by atoms with Crippen LogP contribution in [0.2, 0.25) is 0 Å². The third-order valence-electron chi connectivity index (χ3n) is 4.82. The van der Waals surface area contributed by atoms with Gasteiger partial charge in [0, 0.05) is 37.4 Å². The predicted molar refractivity (Wildman–Crippen MR) is 104 cm³/mol. The molecule has 1 amide bonds. The number of amides is 1. The topological polar surface area (TPSA) is 23.6 Å². The summed E-state index contributed by atoms with van der Waals surface area (Å²) in [5.74, 6) is 0.177. The van der Waals surface area contributed by atoms with E-state index in [1.54, 1.807) is 11.3 Å². The molecule has 3 aromatic rings. The van der Waals surface area contributed by atoms with Crippen molar-refractivity contribution in [2.45, 2.75) is 13.5 Å². The molecule has 0 N–H and O–H groups in total. The number of benzene rings is 2. The highest BCUT2D eigenvalue weighted by molar-refractivity contribution is 7.20. The van der Waals surface area contributed by atoms with Gasteiger partial charge in [0.15, 0.2) is 0 Å². The van der Waals surface area contributed by atoms with Gasteiger partial charge in [-0.1, -0.05) is 48.0 Å². The number of aryl methyl sites for hydroxylation is 1. The maximum atomic E-state index is 12.8. The lowest BCUT2D eigenvalue weighted by molar-refractivity contribution is 0.0633. The largest absolute Gasteiger partial charge is 0.335 e. The van der Waals surface area contributed by atoms with Gasteiger partial charge in [-0.25, -0.2) is 0 Å². The van der Waals surface area contributed by atoms with Crippen LogP contribution in [0.4, 0.5) is 0 Å². The molecule has 0 aliphatic carbocycles. The Hall–Kier alpha value is -2.17. The summed E-state index contributed by atoms with van der Waals surface area (Å²) in [5.41, 5.74) is 2.64. The summed E-state index contributed by atoms with van der Waals surface area (Å²) in [5, 5.41) is 1.16. The van der Waals surface area contributed by atoms with Crippen LogP contribution in [-0.4, -0.2) is 41.9 Å². The van der Waals surface area contributed by atoms with Gasteiger partial charge in [0.25, 0.3) is 5.91 Å². The molecular formula is C21H22N2OS. The zero-order valence-electron chi connectivity index (χ0n) is 14.4. The number of carbonyl (C=O) groups is 1. The van der Waals surface area contributed by atoms with E-state index in [0.29, 0.717) is 0 Å². The average Bonchev–Trinajstić information content (AvgIpc) is 3.08. The second-order valence-corrected chi connectivity index (χ2v) is 7.79. The van der Waals surface area contributed by atoms with Gasteiger partial charge >= 0.3 is 0 Å². The van der Waals surface area contributed by atoms with Crippen molar-refractivity contribution in [1.82, 2.24) is 9.80 Å². The van der Waals surface area contributed by atoms with E-state index in [2.05, 4.69) is 48.2 Å². The third-order valence-corrected chi connectivity index (χ3v) is 5.93. The summed E-state index contributed by atoms with van der Waals surface area (Å²) >= 11 is 1.60. The lowest BCUT2D eigenvalue weighted by Gasteiger charge is -2.34. The fourth-order valence-corrected chi connectivity index (χ4v) is 4.33. The molecule has 0 spiro atoms. The smallest absolute Gasteiger partial charge is 0.264 e. The van der Waals surface area contributed by atoms with Crippen LogP contribution in [0, 0.1) is 6.92 Å². The monoisotopic (exact) mass is 350 g/mol. The highest BCUT2D eigenvalue weighted by atomic mass is 32.1. The molecule has 1 aromatic heterocycles. The Morgan fingerprint density at radius 3 is 2.44 bits per heavy atom. The van der Waals surface area contributed by atoms with Crippen LogP contribution in [0.3, 0.4) is 0 Å². The molecule has 3 nitrogen and oxygen atoms in total. The summed E-state index contributed by atoms with van der Waals surface area (Å²) < 4.78 is 1.18. The van der Waals surface area contributed by atoms with Gasteiger partial charge in [0.1, 0.15) is 0 Å². The highest BCUT2D eigenvalue weighted by Crippen LogP contribution is 2.26. The van der Waals surface area contributed by atoms with Crippen molar-refractivity contribution in [2.24, 2.45) is 0 Å². The van der Waals surface area contributed by atoms with E-state index >= 15 is 0 Å². The molecule has 1 fully saturated rings. The van der Waals surface area contributed by atoms with Crippen molar-refractivity contribution in [2.75, 3.05) is 26.2 Å². The number of piperazine rings is 1. The Morgan fingerprint density at radius 1 is 1.00 bits per heavy atom. The van der Waals surface area contributed by atoms with E-state index in [9.17, 15) is 4.79 Å². The second-order valence-electron chi connectivity index (χ2n) is 6.70. The Kier molecular flexibility index (Phi) is 4.55. The zero-order valence-corrected chi connectivity index (χ0v) is 15.3. The quantitative estimate of drug-likeness (QED) is 0.708. The first kappa shape index (κ1) is 16.3. The molecule has 25 heavy (non-hydrogen) atoms. The molecule has 4 rings (SSSR count). The van der Waals surface area contributed by atoms with E-state index in [-0.39, 0.29) is 5.91 Å². The number of thiophene rings is 1. The van der Waals surface area contributed by atoms with Crippen molar-refractivity contribution in [3.05, 3.63) is 70.6 Å². The summed E-state index contributed by atoms with van der Waals surface area (Å²) in [4.78, 5) is 18.1. The van der Waals surface area contributed by atoms with E-state index in [0.717, 1.165) is 43.0 Å². The zero-order chi connectivity index (χ0) is 17.2. The van der Waals surface area contributed by atoms with E-state index in [1.807, 2.05) is 23.1 Å². The standard InChI is InChI=1S/C21H22N2OS/c1-16-6-8-17(9-7-16)15-22-10-12-23(13-11-22)21(24)20-14-18-4-2-3-5-19(18)25-20/h2-9,14H,10-13,15H2,1H3. The fraction of sp³-hybridized carbons (Fsp3) is 0.286. The number of hydrogen-bond donors (Lipinski definition) is 0. The molecule has 1 saturated heterocycles. The number of nitrogens with zero attached hydrogens (tertiary/aromatic N) is 2. The van der Waals surface area contributed by atoms with E-state index in [4.69, 9.17) is 0 Å². The second kappa shape index (κ2) is 6.98. The van der Waals surface area contributed by atoms with Gasteiger partial charge in [-0.2, -0.15) is 0 Å². The van der Waals surface area contributed by atoms with Gasteiger partial charge in [-0.3, -0.25) is 9.69 Å². The Balaban J connectivity index is 1.37. The molecule has 0 saturated carbocycles. The minimum absolute atomic E-state index is 0.177. The fourth-order valence-electron chi connectivity index (χ4n) is 3.30. The van der Waals surface area contributed by atoms with Crippen LogP contribution in [-0.2, 0) is 6.54 Å². The maximum absolute atomic E-state index is 12.8. The first-order chi connectivity index (χ1) is 12.2. The number of hydrogen-bond acceptors (Lipinski definition) is 3. The Morgan fingerprint density at radius 2 is 1.72 bits per heavy atom. The number of carbonyl (C=O) groups excluding carboxylic acids is 1. The molecule has 4 heteroatoms. The normalized spacial score (nSPS) is 15.6. The van der Waals surface area contributed by atoms with Gasteiger partial charge in [-0.15, -0.1) is 11.3 Å². The molecule has 0 radical (unpaired) electrons. The van der Waals surface area contributed by atoms with Crippen molar-refractivity contribution in [3.8, 4) is 0 Å². The minimum Gasteiger partial charge on any atom is -0.335 e. The van der Waals surface area contributed by atoms with Gasteiger partial charge in [0.05, 0.1) is 4.88 Å². The van der Waals surface area contributed by atoms with E-state index in [1.165, 1.54) is 15.8 Å². The van der Waals surface area contributed by atoms with Gasteiger partial charge in [-0.05, 0) is 30.0 Å². The molecule has 0 atom stereocenters. The lowest BCUT2D eigenvalue weighted by Crippen LogP contribution is -2.48. The summed E-state index contributed by atoms with van der Waals surface area (Å²) in [6.07, 6.45) is 0. The van der Waals surface area contributed by atoms with Crippen LogP contribution >= 0.6 is 11.3 Å². The molecule has 2 heterocycles.